The van der Waals surface area contributed by atoms with Crippen LogP contribution >= 0.6 is 0 Å². The normalized spacial score (nSPS) is 20.0. The first-order chi connectivity index (χ1) is 10.7. The lowest BCUT2D eigenvalue weighted by molar-refractivity contribution is 0.0851. The van der Waals surface area contributed by atoms with Crippen molar-refractivity contribution in [1.29, 1.82) is 0 Å². The molecular formula is C16H14N4O2. The van der Waals surface area contributed by atoms with Crippen LogP contribution in [0.1, 0.15) is 27.7 Å². The summed E-state index contributed by atoms with van der Waals surface area (Å²) in [7, 11) is 0. The first-order valence-electron chi connectivity index (χ1n) is 7.09. The fourth-order valence-electron chi connectivity index (χ4n) is 2.98. The Morgan fingerprint density at radius 1 is 1.23 bits per heavy atom. The zero-order chi connectivity index (χ0) is 15.1. The quantitative estimate of drug-likeness (QED) is 0.742. The van der Waals surface area contributed by atoms with Gasteiger partial charge in [0.15, 0.2) is 5.65 Å². The summed E-state index contributed by atoms with van der Waals surface area (Å²) >= 11 is 0. The van der Waals surface area contributed by atoms with E-state index in [-0.39, 0.29) is 5.91 Å². The molecule has 6 nitrogen and oxygen atoms in total. The third-order valence-corrected chi connectivity index (χ3v) is 4.02. The summed E-state index contributed by atoms with van der Waals surface area (Å²) in [4.78, 5) is 16.6. The molecule has 3 aromatic rings. The van der Waals surface area contributed by atoms with Crippen molar-refractivity contribution in [3.63, 3.8) is 0 Å². The van der Waals surface area contributed by atoms with Crippen molar-refractivity contribution in [2.75, 3.05) is 0 Å². The van der Waals surface area contributed by atoms with Gasteiger partial charge in [-0.15, -0.1) is 0 Å². The van der Waals surface area contributed by atoms with E-state index in [0.717, 1.165) is 11.1 Å². The molecule has 0 bridgehead atoms. The number of aliphatic hydroxyl groups excluding tert-OH is 1. The predicted molar refractivity (Wildman–Crippen MR) is 79.3 cm³/mol. The minimum Gasteiger partial charge on any atom is -0.390 e. The van der Waals surface area contributed by atoms with Gasteiger partial charge in [-0.05, 0) is 23.3 Å². The highest BCUT2D eigenvalue weighted by Gasteiger charge is 2.32. The third-order valence-electron chi connectivity index (χ3n) is 4.02. The molecule has 2 aromatic heterocycles. The van der Waals surface area contributed by atoms with Crippen molar-refractivity contribution in [1.82, 2.24) is 19.9 Å². The number of aromatic nitrogens is 3. The van der Waals surface area contributed by atoms with Crippen LogP contribution in [0.15, 0.2) is 48.8 Å². The van der Waals surface area contributed by atoms with E-state index in [4.69, 9.17) is 0 Å². The zero-order valence-electron chi connectivity index (χ0n) is 11.7. The summed E-state index contributed by atoms with van der Waals surface area (Å²) in [6.45, 7) is 0. The maximum Gasteiger partial charge on any atom is 0.270 e. The van der Waals surface area contributed by atoms with E-state index < -0.39 is 12.1 Å². The molecule has 2 atom stereocenters. The number of pyridine rings is 1. The predicted octanol–water partition coefficient (Wildman–Crippen LogP) is 1.12. The van der Waals surface area contributed by atoms with Gasteiger partial charge in [0.1, 0.15) is 12.0 Å². The molecule has 1 amide bonds. The monoisotopic (exact) mass is 294 g/mol. The second-order valence-electron chi connectivity index (χ2n) is 5.36. The summed E-state index contributed by atoms with van der Waals surface area (Å²) in [5.41, 5.74) is 3.04. The van der Waals surface area contributed by atoms with Crippen LogP contribution in [0.5, 0.6) is 0 Å². The van der Waals surface area contributed by atoms with Gasteiger partial charge in [-0.1, -0.05) is 30.3 Å². The minimum atomic E-state index is -0.615. The maximum absolute atomic E-state index is 12.6. The molecule has 0 fully saturated rings. The van der Waals surface area contributed by atoms with Gasteiger partial charge in [-0.25, -0.2) is 9.50 Å². The van der Waals surface area contributed by atoms with E-state index in [1.807, 2.05) is 24.3 Å². The fourth-order valence-corrected chi connectivity index (χ4v) is 2.98. The van der Waals surface area contributed by atoms with Crippen molar-refractivity contribution in [3.05, 3.63) is 65.6 Å². The van der Waals surface area contributed by atoms with E-state index >= 15 is 0 Å². The van der Waals surface area contributed by atoms with Crippen LogP contribution in [0.2, 0.25) is 0 Å². The van der Waals surface area contributed by atoms with Gasteiger partial charge in [0.05, 0.1) is 12.1 Å². The molecule has 0 radical (unpaired) electrons. The number of carbonyl (C=O) groups is 1. The van der Waals surface area contributed by atoms with Crippen LogP contribution in [0.25, 0.3) is 5.65 Å². The first kappa shape index (κ1) is 13.0. The molecule has 0 saturated heterocycles. The highest BCUT2D eigenvalue weighted by Crippen LogP contribution is 2.31. The number of hydrogen-bond donors (Lipinski definition) is 2. The Kier molecular flexibility index (Phi) is 2.90. The SMILES string of the molecule is O=C(N[C@@H]1c2ccccc2C[C@@H]1O)c1cccc2ncnn12. The van der Waals surface area contributed by atoms with Gasteiger partial charge >= 0.3 is 0 Å². The van der Waals surface area contributed by atoms with Crippen LogP contribution in [0.4, 0.5) is 0 Å². The van der Waals surface area contributed by atoms with Crippen molar-refractivity contribution in [2.45, 2.75) is 18.6 Å². The topological polar surface area (TPSA) is 79.5 Å². The molecule has 4 rings (SSSR count). The highest BCUT2D eigenvalue weighted by atomic mass is 16.3. The molecule has 0 saturated carbocycles. The Balaban J connectivity index is 1.66. The summed E-state index contributed by atoms with van der Waals surface area (Å²) in [6.07, 6.45) is 1.34. The Morgan fingerprint density at radius 3 is 3.00 bits per heavy atom. The Hall–Kier alpha value is -2.73. The number of aliphatic hydroxyl groups is 1. The number of nitrogens with one attached hydrogen (secondary N) is 1. The molecule has 2 heterocycles. The van der Waals surface area contributed by atoms with E-state index in [1.165, 1.54) is 10.8 Å². The molecule has 0 spiro atoms. The summed E-state index contributed by atoms with van der Waals surface area (Å²) in [6, 6.07) is 12.6. The Bertz CT molecular complexity index is 858. The number of amides is 1. The zero-order valence-corrected chi connectivity index (χ0v) is 11.7. The minimum absolute atomic E-state index is 0.281. The Morgan fingerprint density at radius 2 is 2.09 bits per heavy atom. The second-order valence-corrected chi connectivity index (χ2v) is 5.36. The van der Waals surface area contributed by atoms with E-state index in [9.17, 15) is 9.90 Å². The van der Waals surface area contributed by atoms with Crippen LogP contribution in [-0.4, -0.2) is 31.7 Å². The number of hydrogen-bond acceptors (Lipinski definition) is 4. The van der Waals surface area contributed by atoms with Gasteiger partial charge in [0.25, 0.3) is 5.91 Å². The number of carbonyl (C=O) groups excluding carboxylic acids is 1. The lowest BCUT2D eigenvalue weighted by Crippen LogP contribution is -2.34. The Labute approximate surface area is 126 Å². The lowest BCUT2D eigenvalue weighted by atomic mass is 10.1. The largest absolute Gasteiger partial charge is 0.390 e. The van der Waals surface area contributed by atoms with Crippen LogP contribution < -0.4 is 5.32 Å². The molecule has 6 heteroatoms. The highest BCUT2D eigenvalue weighted by molar-refractivity contribution is 5.93. The average molecular weight is 294 g/mol. The molecule has 1 aliphatic rings. The molecule has 0 unspecified atom stereocenters. The standard InChI is InChI=1S/C16H14N4O2/c21-13-8-10-4-1-2-5-11(10)15(13)19-16(22)12-6-3-7-14-17-9-18-20(12)14/h1-7,9,13,15,21H,8H2,(H,19,22)/t13-,15+/m0/s1. The lowest BCUT2D eigenvalue weighted by Gasteiger charge is -2.18. The van der Waals surface area contributed by atoms with Crippen LogP contribution in [-0.2, 0) is 6.42 Å². The number of nitrogens with zero attached hydrogens (tertiary/aromatic N) is 3. The molecular weight excluding hydrogens is 280 g/mol. The van der Waals surface area contributed by atoms with E-state index in [1.54, 1.807) is 18.2 Å². The van der Waals surface area contributed by atoms with E-state index in [2.05, 4.69) is 15.4 Å². The smallest absolute Gasteiger partial charge is 0.270 e. The summed E-state index contributed by atoms with van der Waals surface area (Å²) < 4.78 is 1.49. The molecule has 2 N–H and O–H groups in total. The van der Waals surface area contributed by atoms with Crippen molar-refractivity contribution in [2.24, 2.45) is 0 Å². The molecule has 1 aliphatic carbocycles. The second kappa shape index (κ2) is 4.92. The van der Waals surface area contributed by atoms with Gasteiger partial charge in [0.2, 0.25) is 0 Å². The number of benzene rings is 1. The summed E-state index contributed by atoms with van der Waals surface area (Å²) in [5, 5.41) is 17.2. The van der Waals surface area contributed by atoms with Gasteiger partial charge in [0, 0.05) is 6.42 Å². The van der Waals surface area contributed by atoms with Gasteiger partial charge in [-0.2, -0.15) is 5.10 Å². The summed E-state index contributed by atoms with van der Waals surface area (Å²) in [5.74, 6) is -0.281. The fraction of sp³-hybridized carbons (Fsp3) is 0.188. The van der Waals surface area contributed by atoms with Crippen molar-refractivity contribution in [3.8, 4) is 0 Å². The maximum atomic E-state index is 12.6. The number of rotatable bonds is 2. The van der Waals surface area contributed by atoms with Gasteiger partial charge < -0.3 is 10.4 Å². The van der Waals surface area contributed by atoms with Crippen molar-refractivity contribution < 1.29 is 9.90 Å². The molecule has 110 valence electrons. The molecule has 1 aromatic carbocycles. The van der Waals surface area contributed by atoms with Crippen LogP contribution in [0, 0.1) is 0 Å². The number of fused-ring (bicyclic) bond motifs is 2. The third kappa shape index (κ3) is 1.96. The van der Waals surface area contributed by atoms with E-state index in [0.29, 0.717) is 17.8 Å². The average Bonchev–Trinajstić information content (AvgIpc) is 3.12. The first-order valence-corrected chi connectivity index (χ1v) is 7.09. The van der Waals surface area contributed by atoms with Crippen LogP contribution in [0.3, 0.4) is 0 Å². The van der Waals surface area contributed by atoms with Gasteiger partial charge in [-0.3, -0.25) is 4.79 Å². The van der Waals surface area contributed by atoms with Crippen molar-refractivity contribution >= 4 is 11.6 Å². The molecule has 0 aliphatic heterocycles. The molecule has 22 heavy (non-hydrogen) atoms.